The molecule has 1 aromatic rings. The predicted molar refractivity (Wildman–Crippen MR) is 73.3 cm³/mol. The Morgan fingerprint density at radius 3 is 2.76 bits per heavy atom. The lowest BCUT2D eigenvalue weighted by Crippen LogP contribution is -2.05. The van der Waals surface area contributed by atoms with Crippen LogP contribution in [-0.2, 0) is 13.2 Å². The van der Waals surface area contributed by atoms with Crippen molar-refractivity contribution < 1.29 is 5.11 Å². The summed E-state index contributed by atoms with van der Waals surface area (Å²) >= 11 is 5.15. The predicted octanol–water partition coefficient (Wildman–Crippen LogP) is 3.34. The Morgan fingerprint density at radius 1 is 1.41 bits per heavy atom. The van der Waals surface area contributed by atoms with Crippen molar-refractivity contribution >= 4 is 12.2 Å². The first-order valence-corrected chi connectivity index (χ1v) is 6.45. The molecule has 1 aliphatic carbocycles. The molecule has 17 heavy (non-hydrogen) atoms. The van der Waals surface area contributed by atoms with E-state index in [-0.39, 0.29) is 6.61 Å². The van der Waals surface area contributed by atoms with E-state index in [0.29, 0.717) is 4.77 Å². The maximum absolute atomic E-state index is 9.14. The number of allylic oxidation sites excluding steroid dienone is 4. The van der Waals surface area contributed by atoms with Gasteiger partial charge in [0.05, 0.1) is 12.3 Å². The van der Waals surface area contributed by atoms with Crippen molar-refractivity contribution in [3.8, 4) is 0 Å². The molecular weight excluding hydrogens is 232 g/mol. The maximum Gasteiger partial charge on any atom is 0.177 e. The van der Waals surface area contributed by atoms with Gasteiger partial charge < -0.3 is 14.7 Å². The van der Waals surface area contributed by atoms with E-state index < -0.39 is 0 Å². The van der Waals surface area contributed by atoms with Gasteiger partial charge in [-0.15, -0.1) is 0 Å². The van der Waals surface area contributed by atoms with Gasteiger partial charge in [-0.3, -0.25) is 0 Å². The first-order valence-electron chi connectivity index (χ1n) is 6.05. The zero-order valence-electron chi connectivity index (χ0n) is 10.4. The van der Waals surface area contributed by atoms with E-state index in [0.717, 1.165) is 25.1 Å². The summed E-state index contributed by atoms with van der Waals surface area (Å²) in [6.45, 7) is 4.76. The van der Waals surface area contributed by atoms with E-state index in [1.807, 2.05) is 18.4 Å². The highest BCUT2D eigenvalue weighted by atomic mass is 32.1. The molecule has 1 aromatic heterocycles. The molecule has 2 rings (SSSR count). The molecular formula is C13H20N2OS. The zero-order chi connectivity index (χ0) is 12.7. The molecule has 3 nitrogen and oxygen atoms in total. The minimum Gasteiger partial charge on any atom is -0.390 e. The van der Waals surface area contributed by atoms with Crippen LogP contribution in [0.2, 0.25) is 0 Å². The van der Waals surface area contributed by atoms with Gasteiger partial charge in [0.2, 0.25) is 0 Å². The third-order valence-electron chi connectivity index (χ3n) is 2.53. The molecule has 0 unspecified atom stereocenters. The molecule has 0 fully saturated rings. The highest BCUT2D eigenvalue weighted by molar-refractivity contribution is 7.71. The Morgan fingerprint density at radius 2 is 2.18 bits per heavy atom. The highest BCUT2D eigenvalue weighted by Gasteiger charge is 2.05. The fourth-order valence-electron chi connectivity index (χ4n) is 1.70. The number of nitrogens with zero attached hydrogens (tertiary/aromatic N) is 1. The van der Waals surface area contributed by atoms with Crippen LogP contribution in [0, 0.1) is 4.77 Å². The van der Waals surface area contributed by atoms with Crippen molar-refractivity contribution in [3.05, 3.63) is 40.5 Å². The normalized spacial score (nSPS) is 13.9. The minimum atomic E-state index is 0.0180. The molecule has 0 aliphatic heterocycles. The van der Waals surface area contributed by atoms with Crippen molar-refractivity contribution in [2.24, 2.45) is 0 Å². The summed E-state index contributed by atoms with van der Waals surface area (Å²) < 4.78 is 2.59. The molecule has 0 aromatic carbocycles. The molecule has 0 saturated heterocycles. The lowest BCUT2D eigenvalue weighted by molar-refractivity contribution is 0.271. The molecule has 2 N–H and O–H groups in total. The Hall–Kier alpha value is -1.13. The average molecular weight is 252 g/mol. The van der Waals surface area contributed by atoms with E-state index in [4.69, 9.17) is 17.3 Å². The van der Waals surface area contributed by atoms with E-state index in [1.54, 1.807) is 6.20 Å². The summed E-state index contributed by atoms with van der Waals surface area (Å²) in [6.07, 6.45) is 10.5. The largest absolute Gasteiger partial charge is 0.390 e. The smallest absolute Gasteiger partial charge is 0.177 e. The van der Waals surface area contributed by atoms with Gasteiger partial charge in [0.25, 0.3) is 0 Å². The first kappa shape index (κ1) is 13.9. The van der Waals surface area contributed by atoms with Crippen LogP contribution in [0.5, 0.6) is 0 Å². The fraction of sp³-hybridized carbons (Fsp3) is 0.462. The van der Waals surface area contributed by atoms with Gasteiger partial charge in [0.15, 0.2) is 4.77 Å². The van der Waals surface area contributed by atoms with Gasteiger partial charge in [-0.05, 0) is 30.6 Å². The van der Waals surface area contributed by atoms with Crippen molar-refractivity contribution in [2.45, 2.75) is 39.8 Å². The molecule has 0 amide bonds. The highest BCUT2D eigenvalue weighted by Crippen LogP contribution is 2.13. The fourth-order valence-corrected chi connectivity index (χ4v) is 1.94. The molecule has 1 aliphatic rings. The second-order valence-corrected chi connectivity index (χ2v) is 3.97. The van der Waals surface area contributed by atoms with Crippen LogP contribution in [0.1, 0.15) is 32.4 Å². The molecule has 0 atom stereocenters. The minimum absolute atomic E-state index is 0.0180. The molecule has 94 valence electrons. The Bertz CT molecular complexity index is 454. The lowest BCUT2D eigenvalue weighted by atomic mass is 10.1. The van der Waals surface area contributed by atoms with E-state index in [2.05, 4.69) is 23.2 Å². The number of rotatable bonds is 3. The second kappa shape index (κ2) is 7.25. The summed E-state index contributed by atoms with van der Waals surface area (Å²) in [5, 5.41) is 9.14. The number of nitrogens with one attached hydrogen (secondary N) is 1. The summed E-state index contributed by atoms with van der Waals surface area (Å²) in [5.41, 5.74) is 2.09. The molecule has 1 heterocycles. The average Bonchev–Trinajstić information content (AvgIpc) is 2.74. The van der Waals surface area contributed by atoms with Crippen molar-refractivity contribution in [1.29, 1.82) is 0 Å². The van der Waals surface area contributed by atoms with Crippen LogP contribution in [-0.4, -0.2) is 14.7 Å². The van der Waals surface area contributed by atoms with Crippen LogP contribution >= 0.6 is 12.2 Å². The Kier molecular flexibility index (Phi) is 5.94. The number of hydrogen-bond acceptors (Lipinski definition) is 2. The monoisotopic (exact) mass is 252 g/mol. The van der Waals surface area contributed by atoms with Gasteiger partial charge in [0.1, 0.15) is 0 Å². The summed E-state index contributed by atoms with van der Waals surface area (Å²) in [7, 11) is 0. The van der Waals surface area contributed by atoms with Crippen molar-refractivity contribution in [3.63, 3.8) is 0 Å². The topological polar surface area (TPSA) is 40.9 Å². The Labute approximate surface area is 107 Å². The van der Waals surface area contributed by atoms with Gasteiger partial charge in [-0.25, -0.2) is 0 Å². The summed E-state index contributed by atoms with van der Waals surface area (Å²) in [4.78, 5) is 2.94. The molecule has 0 saturated carbocycles. The van der Waals surface area contributed by atoms with E-state index >= 15 is 0 Å². The van der Waals surface area contributed by atoms with Gasteiger partial charge in [-0.2, -0.15) is 0 Å². The Balaban J connectivity index is 0.000000686. The van der Waals surface area contributed by atoms with Crippen molar-refractivity contribution in [1.82, 2.24) is 9.55 Å². The number of aliphatic hydroxyl groups excluding tert-OH is 1. The van der Waals surface area contributed by atoms with Gasteiger partial charge >= 0.3 is 0 Å². The van der Waals surface area contributed by atoms with Crippen molar-refractivity contribution in [2.75, 3.05) is 0 Å². The number of H-pyrrole nitrogens is 1. The van der Waals surface area contributed by atoms with Crippen LogP contribution in [0.15, 0.2) is 30.0 Å². The number of aromatic amines is 1. The number of aromatic nitrogens is 2. The second-order valence-electron chi connectivity index (χ2n) is 3.59. The third-order valence-corrected chi connectivity index (χ3v) is 2.87. The number of aliphatic hydroxyl groups is 1. The quantitative estimate of drug-likeness (QED) is 0.810. The summed E-state index contributed by atoms with van der Waals surface area (Å²) in [6, 6.07) is 0. The lowest BCUT2D eigenvalue weighted by Gasteiger charge is -2.10. The zero-order valence-corrected chi connectivity index (χ0v) is 11.3. The summed E-state index contributed by atoms with van der Waals surface area (Å²) in [5.74, 6) is 0. The molecule has 0 radical (unpaired) electrons. The maximum atomic E-state index is 9.14. The van der Waals surface area contributed by atoms with Crippen LogP contribution < -0.4 is 0 Å². The van der Waals surface area contributed by atoms with E-state index in [1.165, 1.54) is 5.57 Å². The molecule has 0 bridgehead atoms. The standard InChI is InChI=1S/C11H14N2OS.C2H6/c14-8-10-6-12-11(15)13(10)7-9-4-2-1-3-5-9;1-2/h2,4-6,14H,1,3,7-8H2,(H,12,15);1-2H3. The van der Waals surface area contributed by atoms with Crippen LogP contribution in [0.4, 0.5) is 0 Å². The molecule has 4 heteroatoms. The number of imidazole rings is 1. The SMILES string of the molecule is CC.OCc1c[nH]c(=S)n1CC1=CCCC=C1. The first-order chi connectivity index (χ1) is 8.31. The van der Waals surface area contributed by atoms with Crippen LogP contribution in [0.25, 0.3) is 0 Å². The van der Waals surface area contributed by atoms with Crippen LogP contribution in [0.3, 0.4) is 0 Å². The van der Waals surface area contributed by atoms with E-state index in [9.17, 15) is 0 Å². The molecule has 0 spiro atoms. The van der Waals surface area contributed by atoms with Gasteiger partial charge in [0, 0.05) is 12.7 Å². The van der Waals surface area contributed by atoms with Gasteiger partial charge in [-0.1, -0.05) is 32.1 Å². The number of hydrogen-bond donors (Lipinski definition) is 2. The third kappa shape index (κ3) is 3.68.